The summed E-state index contributed by atoms with van der Waals surface area (Å²) in [5.41, 5.74) is 1.34. The van der Waals surface area contributed by atoms with Crippen LogP contribution in [0.4, 0.5) is 10.1 Å². The average molecular weight is 309 g/mol. The molecule has 2 aromatic rings. The number of aryl methyl sites for hydroxylation is 1. The van der Waals surface area contributed by atoms with Gasteiger partial charge in [0, 0.05) is 6.20 Å². The predicted octanol–water partition coefficient (Wildman–Crippen LogP) is 3.54. The van der Waals surface area contributed by atoms with Crippen LogP contribution in [0, 0.1) is 12.7 Å². The van der Waals surface area contributed by atoms with Gasteiger partial charge in [-0.3, -0.25) is 4.79 Å². The van der Waals surface area contributed by atoms with Crippen molar-refractivity contribution < 1.29 is 9.18 Å². The van der Waals surface area contributed by atoms with E-state index in [-0.39, 0.29) is 5.69 Å². The first-order chi connectivity index (χ1) is 8.56. The number of amides is 1. The van der Waals surface area contributed by atoms with Crippen molar-refractivity contribution in [1.29, 1.82) is 0 Å². The first-order valence-corrected chi connectivity index (χ1v) is 6.04. The van der Waals surface area contributed by atoms with E-state index in [1.807, 2.05) is 0 Å². The van der Waals surface area contributed by atoms with Crippen LogP contribution in [0.15, 0.2) is 41.1 Å². The molecular weight excluding hydrogens is 299 g/mol. The van der Waals surface area contributed by atoms with Gasteiger partial charge in [-0.1, -0.05) is 6.07 Å². The lowest BCUT2D eigenvalue weighted by Crippen LogP contribution is -2.13. The quantitative estimate of drug-likeness (QED) is 0.862. The second-order valence-electron chi connectivity index (χ2n) is 3.81. The van der Waals surface area contributed by atoms with Gasteiger partial charge in [0.1, 0.15) is 10.4 Å². The molecule has 0 saturated carbocycles. The summed E-state index contributed by atoms with van der Waals surface area (Å²) in [6.45, 7) is 1.79. The monoisotopic (exact) mass is 308 g/mol. The molecule has 0 saturated heterocycles. The maximum atomic E-state index is 13.6. The Morgan fingerprint density at radius 2 is 2.11 bits per heavy atom. The van der Waals surface area contributed by atoms with Crippen molar-refractivity contribution in [2.75, 3.05) is 5.32 Å². The van der Waals surface area contributed by atoms with E-state index in [1.165, 1.54) is 18.3 Å². The highest BCUT2D eigenvalue weighted by Crippen LogP contribution is 2.16. The van der Waals surface area contributed by atoms with Crippen LogP contribution < -0.4 is 5.32 Å². The van der Waals surface area contributed by atoms with Crippen molar-refractivity contribution in [2.24, 2.45) is 0 Å². The molecule has 1 aromatic heterocycles. The minimum atomic E-state index is -0.451. The lowest BCUT2D eigenvalue weighted by Gasteiger charge is -2.06. The normalized spacial score (nSPS) is 10.2. The molecule has 5 heteroatoms. The second-order valence-corrected chi connectivity index (χ2v) is 4.62. The highest BCUT2D eigenvalue weighted by Gasteiger charge is 2.09. The van der Waals surface area contributed by atoms with E-state index in [0.29, 0.717) is 10.2 Å². The van der Waals surface area contributed by atoms with Crippen molar-refractivity contribution >= 4 is 27.5 Å². The summed E-state index contributed by atoms with van der Waals surface area (Å²) in [6, 6.07) is 7.90. The molecule has 0 unspecified atom stereocenters. The number of hydrogen-bond acceptors (Lipinski definition) is 2. The zero-order chi connectivity index (χ0) is 13.1. The van der Waals surface area contributed by atoms with Crippen LogP contribution in [0.2, 0.25) is 0 Å². The molecule has 0 fully saturated rings. The van der Waals surface area contributed by atoms with Crippen molar-refractivity contribution in [1.82, 2.24) is 4.98 Å². The molecular formula is C13H10BrFN2O. The Morgan fingerprint density at radius 1 is 1.33 bits per heavy atom. The van der Waals surface area contributed by atoms with Gasteiger partial charge in [-0.25, -0.2) is 9.37 Å². The number of carbonyl (C=O) groups excluding carboxylic acids is 1. The first-order valence-electron chi connectivity index (χ1n) is 5.25. The Labute approximate surface area is 112 Å². The molecule has 1 heterocycles. The standard InChI is InChI=1S/C13H10BrFN2O/c1-8-2-4-11(10(15)6-8)17-13(18)9-3-5-12(14)16-7-9/h2-7H,1H3,(H,17,18). The van der Waals surface area contributed by atoms with Crippen molar-refractivity contribution in [2.45, 2.75) is 6.92 Å². The van der Waals surface area contributed by atoms with E-state index in [4.69, 9.17) is 0 Å². The summed E-state index contributed by atoms with van der Waals surface area (Å²) in [4.78, 5) is 15.8. The van der Waals surface area contributed by atoms with Gasteiger partial charge in [-0.15, -0.1) is 0 Å². The van der Waals surface area contributed by atoms with Gasteiger partial charge in [-0.2, -0.15) is 0 Å². The van der Waals surface area contributed by atoms with E-state index in [1.54, 1.807) is 25.1 Å². The number of nitrogens with zero attached hydrogens (tertiary/aromatic N) is 1. The van der Waals surface area contributed by atoms with Gasteiger partial charge in [-0.05, 0) is 52.7 Å². The lowest BCUT2D eigenvalue weighted by atomic mass is 10.2. The van der Waals surface area contributed by atoms with Crippen LogP contribution in [0.1, 0.15) is 15.9 Å². The van der Waals surface area contributed by atoms with Crippen molar-refractivity contribution in [3.63, 3.8) is 0 Å². The molecule has 18 heavy (non-hydrogen) atoms. The maximum absolute atomic E-state index is 13.6. The number of hydrogen-bond donors (Lipinski definition) is 1. The molecule has 0 aliphatic carbocycles. The second kappa shape index (κ2) is 5.27. The first kappa shape index (κ1) is 12.7. The van der Waals surface area contributed by atoms with Crippen LogP contribution in [0.5, 0.6) is 0 Å². The van der Waals surface area contributed by atoms with Gasteiger partial charge in [0.2, 0.25) is 0 Å². The number of pyridine rings is 1. The lowest BCUT2D eigenvalue weighted by molar-refractivity contribution is 0.102. The summed E-state index contributed by atoms with van der Waals surface area (Å²) in [5.74, 6) is -0.842. The smallest absolute Gasteiger partial charge is 0.257 e. The zero-order valence-corrected chi connectivity index (χ0v) is 11.2. The SMILES string of the molecule is Cc1ccc(NC(=O)c2ccc(Br)nc2)c(F)c1. The summed E-state index contributed by atoms with van der Waals surface area (Å²) >= 11 is 3.18. The number of aromatic nitrogens is 1. The Kier molecular flexibility index (Phi) is 3.72. The van der Waals surface area contributed by atoms with Crippen molar-refractivity contribution in [3.05, 3.63) is 58.1 Å². The summed E-state index contributed by atoms with van der Waals surface area (Å²) in [6.07, 6.45) is 1.42. The number of anilines is 1. The number of rotatable bonds is 2. The van der Waals surface area contributed by atoms with Crippen LogP contribution in [0.25, 0.3) is 0 Å². The third-order valence-corrected chi connectivity index (χ3v) is 2.83. The average Bonchev–Trinajstić information content (AvgIpc) is 2.33. The molecule has 0 radical (unpaired) electrons. The van der Waals surface area contributed by atoms with Crippen LogP contribution in [-0.2, 0) is 0 Å². The Bertz CT molecular complexity index is 584. The number of nitrogens with one attached hydrogen (secondary N) is 1. The van der Waals surface area contributed by atoms with Gasteiger partial charge < -0.3 is 5.32 Å². The number of halogens is 2. The zero-order valence-electron chi connectivity index (χ0n) is 9.58. The molecule has 0 aliphatic heterocycles. The Hall–Kier alpha value is -1.75. The van der Waals surface area contributed by atoms with Crippen LogP contribution >= 0.6 is 15.9 Å². The van der Waals surface area contributed by atoms with Gasteiger partial charge in [0.05, 0.1) is 11.3 Å². The minimum absolute atomic E-state index is 0.161. The van der Waals surface area contributed by atoms with E-state index < -0.39 is 11.7 Å². The third-order valence-electron chi connectivity index (χ3n) is 2.36. The Balaban J connectivity index is 2.18. The fourth-order valence-corrected chi connectivity index (χ4v) is 1.66. The molecule has 92 valence electrons. The highest BCUT2D eigenvalue weighted by atomic mass is 79.9. The van der Waals surface area contributed by atoms with Gasteiger partial charge >= 0.3 is 0 Å². The van der Waals surface area contributed by atoms with E-state index in [9.17, 15) is 9.18 Å². The van der Waals surface area contributed by atoms with Gasteiger partial charge in [0.15, 0.2) is 0 Å². The summed E-state index contributed by atoms with van der Waals surface area (Å²) in [7, 11) is 0. The largest absolute Gasteiger partial charge is 0.319 e. The molecule has 0 bridgehead atoms. The van der Waals surface area contributed by atoms with E-state index >= 15 is 0 Å². The molecule has 1 amide bonds. The molecule has 2 rings (SSSR count). The third kappa shape index (κ3) is 2.92. The predicted molar refractivity (Wildman–Crippen MR) is 71.0 cm³/mol. The highest BCUT2D eigenvalue weighted by molar-refractivity contribution is 9.10. The van der Waals surface area contributed by atoms with Gasteiger partial charge in [0.25, 0.3) is 5.91 Å². The molecule has 1 N–H and O–H groups in total. The minimum Gasteiger partial charge on any atom is -0.319 e. The van der Waals surface area contributed by atoms with Crippen molar-refractivity contribution in [3.8, 4) is 0 Å². The fourth-order valence-electron chi connectivity index (χ4n) is 1.43. The molecule has 3 nitrogen and oxygen atoms in total. The molecule has 0 spiro atoms. The Morgan fingerprint density at radius 3 is 2.72 bits per heavy atom. The van der Waals surface area contributed by atoms with Crippen LogP contribution in [-0.4, -0.2) is 10.9 Å². The number of carbonyl (C=O) groups is 1. The molecule has 1 aromatic carbocycles. The number of benzene rings is 1. The maximum Gasteiger partial charge on any atom is 0.257 e. The topological polar surface area (TPSA) is 42.0 Å². The fraction of sp³-hybridized carbons (Fsp3) is 0.0769. The van der Waals surface area contributed by atoms with Crippen LogP contribution in [0.3, 0.4) is 0 Å². The van der Waals surface area contributed by atoms with E-state index in [2.05, 4.69) is 26.2 Å². The summed E-state index contributed by atoms with van der Waals surface area (Å²) < 4.78 is 14.2. The van der Waals surface area contributed by atoms with E-state index in [0.717, 1.165) is 5.56 Å². The summed E-state index contributed by atoms with van der Waals surface area (Å²) in [5, 5.41) is 2.50. The molecule has 0 atom stereocenters. The molecule has 0 aliphatic rings.